The number of aromatic carboxylic acids is 1. The Morgan fingerprint density at radius 2 is 2.26 bits per heavy atom. The van der Waals surface area contributed by atoms with Gasteiger partial charge in [0, 0.05) is 19.2 Å². The summed E-state index contributed by atoms with van der Waals surface area (Å²) in [4.78, 5) is 24.0. The first-order valence-corrected chi connectivity index (χ1v) is 5.78. The van der Waals surface area contributed by atoms with Gasteiger partial charge in [-0.15, -0.1) is 0 Å². The average Bonchev–Trinajstić information content (AvgIpc) is 2.35. The molecule has 1 aromatic rings. The number of nitrogens with one attached hydrogen (secondary N) is 1. The Kier molecular flexibility index (Phi) is 3.28. The number of nitrogen functional groups attached to an aromatic ring is 1. The zero-order valence-corrected chi connectivity index (χ0v) is 10.3. The van der Waals surface area contributed by atoms with E-state index in [1.54, 1.807) is 11.8 Å². The summed E-state index contributed by atoms with van der Waals surface area (Å²) in [6.07, 6.45) is 0. The highest BCUT2D eigenvalue weighted by atomic mass is 19.1. The first kappa shape index (κ1) is 13.1. The van der Waals surface area contributed by atoms with Crippen molar-refractivity contribution in [1.29, 1.82) is 0 Å². The van der Waals surface area contributed by atoms with Crippen molar-refractivity contribution >= 4 is 23.3 Å². The van der Waals surface area contributed by atoms with Gasteiger partial charge in [0.05, 0.1) is 16.9 Å². The molecule has 1 aromatic carbocycles. The van der Waals surface area contributed by atoms with Crippen LogP contribution in [0.2, 0.25) is 0 Å². The van der Waals surface area contributed by atoms with E-state index >= 15 is 0 Å². The Labute approximate surface area is 109 Å². The number of hydrogen-bond acceptors (Lipinski definition) is 4. The molecule has 0 spiro atoms. The van der Waals surface area contributed by atoms with Crippen molar-refractivity contribution < 1.29 is 19.1 Å². The van der Waals surface area contributed by atoms with E-state index in [0.717, 1.165) is 12.1 Å². The molecular weight excluding hydrogens is 253 g/mol. The zero-order valence-electron chi connectivity index (χ0n) is 10.3. The van der Waals surface area contributed by atoms with Crippen LogP contribution in [-0.4, -0.2) is 36.1 Å². The predicted molar refractivity (Wildman–Crippen MR) is 67.6 cm³/mol. The standard InChI is InChI=1S/C12H14FN3O3/c1-6-11(17)15-2-3-16(6)10-5-8(13)7(12(18)19)4-9(10)14/h4-6H,2-3,14H2,1H3,(H,15,17)(H,18,19). The van der Waals surface area contributed by atoms with Gasteiger partial charge in [-0.3, -0.25) is 4.79 Å². The van der Waals surface area contributed by atoms with Crippen molar-refractivity contribution in [3.63, 3.8) is 0 Å². The average molecular weight is 267 g/mol. The van der Waals surface area contributed by atoms with Gasteiger partial charge in [-0.2, -0.15) is 0 Å². The number of halogens is 1. The van der Waals surface area contributed by atoms with Crippen molar-refractivity contribution in [2.24, 2.45) is 0 Å². The molecule has 0 radical (unpaired) electrons. The van der Waals surface area contributed by atoms with E-state index in [1.165, 1.54) is 0 Å². The molecule has 0 saturated carbocycles. The highest BCUT2D eigenvalue weighted by molar-refractivity contribution is 5.92. The van der Waals surface area contributed by atoms with E-state index in [4.69, 9.17) is 10.8 Å². The number of carboxylic acids is 1. The van der Waals surface area contributed by atoms with Crippen LogP contribution < -0.4 is 16.0 Å². The fourth-order valence-corrected chi connectivity index (χ4v) is 2.10. The van der Waals surface area contributed by atoms with Crippen molar-refractivity contribution in [3.05, 3.63) is 23.5 Å². The monoisotopic (exact) mass is 267 g/mol. The molecule has 6 nitrogen and oxygen atoms in total. The summed E-state index contributed by atoms with van der Waals surface area (Å²) in [7, 11) is 0. The van der Waals surface area contributed by atoms with Gasteiger partial charge < -0.3 is 21.1 Å². The molecule has 0 aromatic heterocycles. The lowest BCUT2D eigenvalue weighted by Gasteiger charge is -2.35. The number of carbonyl (C=O) groups is 2. The van der Waals surface area contributed by atoms with Crippen LogP contribution in [0, 0.1) is 5.82 Å². The first-order chi connectivity index (χ1) is 8.91. The van der Waals surface area contributed by atoms with Gasteiger partial charge in [-0.25, -0.2) is 9.18 Å². The summed E-state index contributed by atoms with van der Waals surface area (Å²) in [6.45, 7) is 2.60. The molecular formula is C12H14FN3O3. The van der Waals surface area contributed by atoms with Gasteiger partial charge in [0.15, 0.2) is 0 Å². The quantitative estimate of drug-likeness (QED) is 0.675. The van der Waals surface area contributed by atoms with Gasteiger partial charge in [0.1, 0.15) is 11.9 Å². The smallest absolute Gasteiger partial charge is 0.338 e. The molecule has 1 aliphatic rings. The molecule has 1 unspecified atom stereocenters. The molecule has 1 fully saturated rings. The second kappa shape index (κ2) is 4.75. The number of anilines is 2. The van der Waals surface area contributed by atoms with Gasteiger partial charge in [-0.05, 0) is 13.0 Å². The largest absolute Gasteiger partial charge is 0.478 e. The van der Waals surface area contributed by atoms with E-state index in [9.17, 15) is 14.0 Å². The number of nitrogens with two attached hydrogens (primary N) is 1. The zero-order chi connectivity index (χ0) is 14.2. The number of piperazine rings is 1. The molecule has 0 aliphatic carbocycles. The van der Waals surface area contributed by atoms with Crippen LogP contribution in [-0.2, 0) is 4.79 Å². The molecule has 1 aliphatic heterocycles. The summed E-state index contributed by atoms with van der Waals surface area (Å²) in [5.74, 6) is -2.41. The summed E-state index contributed by atoms with van der Waals surface area (Å²) in [5, 5.41) is 11.5. The number of hydrogen-bond donors (Lipinski definition) is 3. The summed E-state index contributed by atoms with van der Waals surface area (Å²) >= 11 is 0. The van der Waals surface area contributed by atoms with Crippen molar-refractivity contribution in [3.8, 4) is 0 Å². The number of carboxylic acid groups (broad SMARTS) is 1. The highest BCUT2D eigenvalue weighted by Crippen LogP contribution is 2.29. The maximum atomic E-state index is 13.7. The minimum atomic E-state index is -1.37. The Bertz CT molecular complexity index is 547. The third-order valence-corrected chi connectivity index (χ3v) is 3.16. The van der Waals surface area contributed by atoms with Crippen molar-refractivity contribution in [2.45, 2.75) is 13.0 Å². The SMILES string of the molecule is CC1C(=O)NCCN1c1cc(F)c(C(=O)O)cc1N. The third-order valence-electron chi connectivity index (χ3n) is 3.16. The van der Waals surface area contributed by atoms with E-state index in [0.29, 0.717) is 18.8 Å². The Hall–Kier alpha value is -2.31. The minimum absolute atomic E-state index is 0.139. The van der Waals surface area contributed by atoms with E-state index in [1.807, 2.05) is 0 Å². The van der Waals surface area contributed by atoms with Crippen LogP contribution in [0.3, 0.4) is 0 Å². The van der Waals surface area contributed by atoms with Crippen LogP contribution in [0.25, 0.3) is 0 Å². The molecule has 0 bridgehead atoms. The summed E-state index contributed by atoms with van der Waals surface area (Å²) in [5.41, 5.74) is 5.76. The molecule has 1 amide bonds. The second-order valence-corrected chi connectivity index (χ2v) is 4.36. The lowest BCUT2D eigenvalue weighted by atomic mass is 10.1. The van der Waals surface area contributed by atoms with E-state index < -0.39 is 23.4 Å². The fourth-order valence-electron chi connectivity index (χ4n) is 2.10. The molecule has 7 heteroatoms. The fraction of sp³-hybridized carbons (Fsp3) is 0.333. The maximum absolute atomic E-state index is 13.7. The lowest BCUT2D eigenvalue weighted by molar-refractivity contribution is -0.122. The number of amides is 1. The molecule has 1 heterocycles. The van der Waals surface area contributed by atoms with E-state index in [2.05, 4.69) is 5.32 Å². The number of benzene rings is 1. The molecule has 4 N–H and O–H groups in total. The van der Waals surface area contributed by atoms with E-state index in [-0.39, 0.29) is 11.6 Å². The number of nitrogens with zero attached hydrogens (tertiary/aromatic N) is 1. The molecule has 19 heavy (non-hydrogen) atoms. The Morgan fingerprint density at radius 3 is 2.89 bits per heavy atom. The molecule has 102 valence electrons. The van der Waals surface area contributed by atoms with Crippen LogP contribution >= 0.6 is 0 Å². The Balaban J connectivity index is 2.43. The van der Waals surface area contributed by atoms with Crippen LogP contribution in [0.4, 0.5) is 15.8 Å². The van der Waals surface area contributed by atoms with Crippen LogP contribution in [0.15, 0.2) is 12.1 Å². The highest BCUT2D eigenvalue weighted by Gasteiger charge is 2.28. The number of rotatable bonds is 2. The topological polar surface area (TPSA) is 95.7 Å². The molecule has 1 saturated heterocycles. The molecule has 1 atom stereocenters. The maximum Gasteiger partial charge on any atom is 0.338 e. The van der Waals surface area contributed by atoms with Crippen molar-refractivity contribution in [2.75, 3.05) is 23.7 Å². The second-order valence-electron chi connectivity index (χ2n) is 4.36. The van der Waals surface area contributed by atoms with Crippen LogP contribution in [0.1, 0.15) is 17.3 Å². The summed E-state index contributed by atoms with van der Waals surface area (Å²) < 4.78 is 13.7. The normalized spacial score (nSPS) is 19.2. The van der Waals surface area contributed by atoms with Gasteiger partial charge in [-0.1, -0.05) is 0 Å². The Morgan fingerprint density at radius 1 is 1.58 bits per heavy atom. The van der Waals surface area contributed by atoms with Crippen molar-refractivity contribution in [1.82, 2.24) is 5.32 Å². The third kappa shape index (κ3) is 2.31. The molecule has 2 rings (SSSR count). The lowest BCUT2D eigenvalue weighted by Crippen LogP contribution is -2.54. The predicted octanol–water partition coefficient (Wildman–Crippen LogP) is 0.431. The van der Waals surface area contributed by atoms with Crippen LogP contribution in [0.5, 0.6) is 0 Å². The summed E-state index contributed by atoms with van der Waals surface area (Å²) in [6, 6.07) is 1.66. The van der Waals surface area contributed by atoms with Gasteiger partial charge >= 0.3 is 5.97 Å². The number of carbonyl (C=O) groups excluding carboxylic acids is 1. The minimum Gasteiger partial charge on any atom is -0.478 e. The van der Waals surface area contributed by atoms with Gasteiger partial charge in [0.2, 0.25) is 5.91 Å². The first-order valence-electron chi connectivity index (χ1n) is 5.78. The van der Waals surface area contributed by atoms with Gasteiger partial charge in [0.25, 0.3) is 0 Å².